The number of likely N-dealkylation sites (N-methyl/N-ethyl adjacent to an activating group) is 1. The van der Waals surface area contributed by atoms with Crippen LogP contribution in [0.5, 0.6) is 0 Å². The molecular formula is C9H16N2O2. The van der Waals surface area contributed by atoms with Crippen LogP contribution in [-0.2, 0) is 0 Å². The van der Waals surface area contributed by atoms with Crippen LogP contribution in [0.4, 0.5) is 0 Å². The van der Waals surface area contributed by atoms with Crippen molar-refractivity contribution in [2.24, 2.45) is 5.73 Å². The second-order valence-corrected chi connectivity index (χ2v) is 3.39. The normalized spacial score (nSPS) is 16.1. The number of aliphatic hydroxyl groups excluding tert-OH is 1. The molecule has 2 atom stereocenters. The molecule has 4 heteroatoms. The van der Waals surface area contributed by atoms with Gasteiger partial charge in [0.05, 0.1) is 12.3 Å². The van der Waals surface area contributed by atoms with Crippen LogP contribution in [0, 0.1) is 0 Å². The number of nitrogens with zero attached hydrogens (tertiary/aromatic N) is 1. The summed E-state index contributed by atoms with van der Waals surface area (Å²) in [6.45, 7) is 0.627. The van der Waals surface area contributed by atoms with E-state index in [9.17, 15) is 5.11 Å². The van der Waals surface area contributed by atoms with Crippen molar-refractivity contribution in [2.75, 3.05) is 20.6 Å². The summed E-state index contributed by atoms with van der Waals surface area (Å²) < 4.78 is 5.05. The van der Waals surface area contributed by atoms with Crippen molar-refractivity contribution < 1.29 is 9.52 Å². The van der Waals surface area contributed by atoms with E-state index in [4.69, 9.17) is 10.2 Å². The van der Waals surface area contributed by atoms with Crippen LogP contribution in [-0.4, -0.2) is 36.7 Å². The Morgan fingerprint density at radius 2 is 2.31 bits per heavy atom. The molecule has 0 bridgehead atoms. The minimum Gasteiger partial charge on any atom is -0.467 e. The Bertz CT molecular complexity index is 234. The highest BCUT2D eigenvalue weighted by Crippen LogP contribution is 2.15. The number of rotatable bonds is 4. The fourth-order valence-electron chi connectivity index (χ4n) is 1.19. The highest BCUT2D eigenvalue weighted by Gasteiger charge is 2.19. The number of nitrogens with two attached hydrogens (primary N) is 1. The SMILES string of the molecule is CN(C)CC(N)C(O)c1ccco1. The monoisotopic (exact) mass is 184 g/mol. The lowest BCUT2D eigenvalue weighted by atomic mass is 10.1. The van der Waals surface area contributed by atoms with E-state index in [-0.39, 0.29) is 6.04 Å². The summed E-state index contributed by atoms with van der Waals surface area (Å²) in [5, 5.41) is 9.68. The summed E-state index contributed by atoms with van der Waals surface area (Å²) >= 11 is 0. The van der Waals surface area contributed by atoms with E-state index in [1.807, 2.05) is 19.0 Å². The zero-order valence-corrected chi connectivity index (χ0v) is 7.97. The van der Waals surface area contributed by atoms with E-state index >= 15 is 0 Å². The maximum atomic E-state index is 9.68. The molecule has 3 N–H and O–H groups in total. The van der Waals surface area contributed by atoms with Crippen LogP contribution < -0.4 is 5.73 Å². The van der Waals surface area contributed by atoms with E-state index in [1.54, 1.807) is 12.1 Å². The van der Waals surface area contributed by atoms with Crippen molar-refractivity contribution in [3.8, 4) is 0 Å². The van der Waals surface area contributed by atoms with E-state index in [0.29, 0.717) is 12.3 Å². The largest absolute Gasteiger partial charge is 0.467 e. The first kappa shape index (κ1) is 10.2. The highest BCUT2D eigenvalue weighted by atomic mass is 16.4. The summed E-state index contributed by atoms with van der Waals surface area (Å²) in [4.78, 5) is 1.93. The van der Waals surface area contributed by atoms with Crippen molar-refractivity contribution in [3.05, 3.63) is 24.2 Å². The third-order valence-corrected chi connectivity index (χ3v) is 1.82. The van der Waals surface area contributed by atoms with Gasteiger partial charge in [-0.1, -0.05) is 0 Å². The smallest absolute Gasteiger partial charge is 0.133 e. The molecule has 4 nitrogen and oxygen atoms in total. The summed E-state index contributed by atoms with van der Waals surface area (Å²) in [6, 6.07) is 3.14. The van der Waals surface area contributed by atoms with Gasteiger partial charge in [0.1, 0.15) is 11.9 Å². The summed E-state index contributed by atoms with van der Waals surface area (Å²) in [6.07, 6.45) is 0.804. The van der Waals surface area contributed by atoms with Crippen LogP contribution in [0.25, 0.3) is 0 Å². The molecule has 1 heterocycles. The van der Waals surface area contributed by atoms with E-state index in [1.165, 1.54) is 6.26 Å². The number of hydrogen-bond acceptors (Lipinski definition) is 4. The van der Waals surface area contributed by atoms with Crippen LogP contribution in [0.1, 0.15) is 11.9 Å². The molecule has 0 saturated carbocycles. The number of furan rings is 1. The van der Waals surface area contributed by atoms with Gasteiger partial charge in [-0.2, -0.15) is 0 Å². The summed E-state index contributed by atoms with van der Waals surface area (Å²) in [5.74, 6) is 0.523. The molecule has 1 aromatic rings. The van der Waals surface area contributed by atoms with Gasteiger partial charge in [-0.3, -0.25) is 0 Å². The second kappa shape index (κ2) is 4.41. The van der Waals surface area contributed by atoms with Gasteiger partial charge in [0.25, 0.3) is 0 Å². The molecule has 0 aliphatic carbocycles. The number of hydrogen-bond donors (Lipinski definition) is 2. The molecule has 74 valence electrons. The molecule has 0 aromatic carbocycles. The van der Waals surface area contributed by atoms with E-state index in [0.717, 1.165) is 0 Å². The Balaban J connectivity index is 2.52. The zero-order valence-electron chi connectivity index (χ0n) is 7.97. The molecule has 13 heavy (non-hydrogen) atoms. The maximum Gasteiger partial charge on any atom is 0.133 e. The lowest BCUT2D eigenvalue weighted by molar-refractivity contribution is 0.108. The molecule has 0 fully saturated rings. The molecule has 0 aliphatic rings. The molecule has 0 radical (unpaired) electrons. The molecule has 0 saturated heterocycles. The van der Waals surface area contributed by atoms with Crippen LogP contribution in [0.3, 0.4) is 0 Å². The van der Waals surface area contributed by atoms with Crippen molar-refractivity contribution in [2.45, 2.75) is 12.1 Å². The van der Waals surface area contributed by atoms with Gasteiger partial charge in [-0.15, -0.1) is 0 Å². The van der Waals surface area contributed by atoms with Crippen LogP contribution in [0.15, 0.2) is 22.8 Å². The molecular weight excluding hydrogens is 168 g/mol. The first-order valence-corrected chi connectivity index (χ1v) is 4.23. The first-order chi connectivity index (χ1) is 6.11. The van der Waals surface area contributed by atoms with Gasteiger partial charge < -0.3 is 20.2 Å². The van der Waals surface area contributed by atoms with Gasteiger partial charge in [0.15, 0.2) is 0 Å². The van der Waals surface area contributed by atoms with Crippen molar-refractivity contribution in [3.63, 3.8) is 0 Å². The highest BCUT2D eigenvalue weighted by molar-refractivity contribution is 5.04. The van der Waals surface area contributed by atoms with Crippen molar-refractivity contribution in [1.29, 1.82) is 0 Å². The Morgan fingerprint density at radius 1 is 1.62 bits per heavy atom. The summed E-state index contributed by atoms with van der Waals surface area (Å²) in [7, 11) is 3.82. The first-order valence-electron chi connectivity index (χ1n) is 4.23. The predicted octanol–water partition coefficient (Wildman–Crippen LogP) is 0.202. The van der Waals surface area contributed by atoms with Crippen molar-refractivity contribution >= 4 is 0 Å². The fourth-order valence-corrected chi connectivity index (χ4v) is 1.19. The topological polar surface area (TPSA) is 62.6 Å². The lowest BCUT2D eigenvalue weighted by Crippen LogP contribution is -2.38. The maximum absolute atomic E-state index is 9.68. The quantitative estimate of drug-likeness (QED) is 0.701. The minimum atomic E-state index is -0.725. The third kappa shape index (κ3) is 2.84. The fraction of sp³-hybridized carbons (Fsp3) is 0.556. The zero-order chi connectivity index (χ0) is 9.84. The van der Waals surface area contributed by atoms with Gasteiger partial charge in [0.2, 0.25) is 0 Å². The molecule has 0 spiro atoms. The van der Waals surface area contributed by atoms with Crippen molar-refractivity contribution in [1.82, 2.24) is 4.90 Å². The molecule has 1 aromatic heterocycles. The van der Waals surface area contributed by atoms with E-state index in [2.05, 4.69) is 0 Å². The average Bonchev–Trinajstić information content (AvgIpc) is 2.53. The number of aliphatic hydroxyl groups is 1. The standard InChI is InChI=1S/C9H16N2O2/c1-11(2)6-7(10)9(12)8-4-3-5-13-8/h3-5,7,9,12H,6,10H2,1-2H3. The lowest BCUT2D eigenvalue weighted by Gasteiger charge is -2.20. The van der Waals surface area contributed by atoms with Gasteiger partial charge in [0, 0.05) is 6.54 Å². The minimum absolute atomic E-state index is 0.318. The third-order valence-electron chi connectivity index (χ3n) is 1.82. The van der Waals surface area contributed by atoms with Crippen LogP contribution in [0.2, 0.25) is 0 Å². The Morgan fingerprint density at radius 3 is 2.77 bits per heavy atom. The second-order valence-electron chi connectivity index (χ2n) is 3.39. The Labute approximate surface area is 77.9 Å². The van der Waals surface area contributed by atoms with Gasteiger partial charge >= 0.3 is 0 Å². The molecule has 2 unspecified atom stereocenters. The Kier molecular flexibility index (Phi) is 3.48. The van der Waals surface area contributed by atoms with Gasteiger partial charge in [-0.05, 0) is 26.2 Å². The molecule has 0 aliphatic heterocycles. The van der Waals surface area contributed by atoms with Gasteiger partial charge in [-0.25, -0.2) is 0 Å². The molecule has 0 amide bonds. The summed E-state index contributed by atoms with van der Waals surface area (Å²) in [5.41, 5.74) is 5.76. The predicted molar refractivity (Wildman–Crippen MR) is 50.2 cm³/mol. The van der Waals surface area contributed by atoms with E-state index < -0.39 is 6.10 Å². The average molecular weight is 184 g/mol. The molecule has 1 rings (SSSR count). The Hall–Kier alpha value is -0.840. The van der Waals surface area contributed by atoms with Crippen LogP contribution >= 0.6 is 0 Å².